The van der Waals surface area contributed by atoms with Gasteiger partial charge in [0.15, 0.2) is 5.13 Å². The number of nitrogens with zero attached hydrogens (tertiary/aromatic N) is 1. The third-order valence-electron chi connectivity index (χ3n) is 2.03. The minimum atomic E-state index is -4.09. The first-order chi connectivity index (χ1) is 8.38. The Morgan fingerprint density at radius 3 is 2.61 bits per heavy atom. The van der Waals surface area contributed by atoms with Gasteiger partial charge < -0.3 is 0 Å². The zero-order chi connectivity index (χ0) is 13.3. The molecule has 1 aromatic carbocycles. The van der Waals surface area contributed by atoms with E-state index in [2.05, 4.69) is 9.71 Å². The van der Waals surface area contributed by atoms with Crippen molar-refractivity contribution in [3.05, 3.63) is 40.9 Å². The largest absolute Gasteiger partial charge is 0.266 e. The number of nitrogens with one attached hydrogen (secondary N) is 1. The van der Waals surface area contributed by atoms with Crippen LogP contribution < -0.4 is 4.72 Å². The Morgan fingerprint density at radius 2 is 2.06 bits per heavy atom. The monoisotopic (exact) mass is 290 g/mol. The maximum Gasteiger partial charge on any atom is 0.266 e. The van der Waals surface area contributed by atoms with Crippen molar-refractivity contribution in [3.63, 3.8) is 0 Å². The zero-order valence-corrected chi connectivity index (χ0v) is 10.8. The van der Waals surface area contributed by atoms with E-state index in [0.717, 1.165) is 28.3 Å². The van der Waals surface area contributed by atoms with Crippen molar-refractivity contribution in [2.75, 3.05) is 4.72 Å². The predicted molar refractivity (Wildman–Crippen MR) is 64.0 cm³/mol. The molecule has 1 aromatic heterocycles. The Kier molecular flexibility index (Phi) is 3.31. The van der Waals surface area contributed by atoms with Crippen molar-refractivity contribution in [1.29, 1.82) is 0 Å². The Bertz CT molecular complexity index is 683. The summed E-state index contributed by atoms with van der Waals surface area (Å²) in [6.07, 6.45) is 1.49. The van der Waals surface area contributed by atoms with Gasteiger partial charge in [0.2, 0.25) is 0 Å². The molecule has 0 unspecified atom stereocenters. The van der Waals surface area contributed by atoms with Gasteiger partial charge in [-0.1, -0.05) is 0 Å². The van der Waals surface area contributed by atoms with E-state index < -0.39 is 26.6 Å². The van der Waals surface area contributed by atoms with Crippen LogP contribution in [0.3, 0.4) is 0 Å². The van der Waals surface area contributed by atoms with E-state index in [0.29, 0.717) is 6.07 Å². The molecule has 0 aliphatic carbocycles. The lowest BCUT2D eigenvalue weighted by atomic mass is 10.3. The second kappa shape index (κ2) is 4.62. The summed E-state index contributed by atoms with van der Waals surface area (Å²) >= 11 is 1.12. The molecule has 0 aliphatic heterocycles. The van der Waals surface area contributed by atoms with E-state index in [-0.39, 0.29) is 5.13 Å². The molecule has 0 saturated carbocycles. The quantitative estimate of drug-likeness (QED) is 0.945. The van der Waals surface area contributed by atoms with Crippen LogP contribution >= 0.6 is 11.3 Å². The lowest BCUT2D eigenvalue weighted by molar-refractivity contribution is 0.551. The van der Waals surface area contributed by atoms with Gasteiger partial charge in [-0.25, -0.2) is 22.2 Å². The molecule has 2 aromatic rings. The van der Waals surface area contributed by atoms with Gasteiger partial charge in [-0.15, -0.1) is 11.3 Å². The molecule has 4 nitrogen and oxygen atoms in total. The number of halogens is 2. The fourth-order valence-corrected chi connectivity index (χ4v) is 3.23. The van der Waals surface area contributed by atoms with Gasteiger partial charge in [0.25, 0.3) is 10.0 Å². The molecule has 0 spiro atoms. The Morgan fingerprint density at radius 1 is 1.33 bits per heavy atom. The predicted octanol–water partition coefficient (Wildman–Crippen LogP) is 2.53. The number of aromatic nitrogens is 1. The van der Waals surface area contributed by atoms with E-state index in [1.165, 1.54) is 6.20 Å². The van der Waals surface area contributed by atoms with Gasteiger partial charge in [-0.3, -0.25) is 4.72 Å². The molecule has 18 heavy (non-hydrogen) atoms. The van der Waals surface area contributed by atoms with E-state index in [9.17, 15) is 17.2 Å². The molecule has 0 amide bonds. The molecule has 1 heterocycles. The Balaban J connectivity index is 2.36. The maximum atomic E-state index is 13.4. The number of aryl methyl sites for hydroxylation is 1. The van der Waals surface area contributed by atoms with Crippen molar-refractivity contribution in [2.45, 2.75) is 11.8 Å². The second-order valence-corrected chi connectivity index (χ2v) is 6.34. The SMILES string of the molecule is Cc1cnc(NS(=O)(=O)c2ccc(F)cc2F)s1. The molecule has 0 fully saturated rings. The van der Waals surface area contributed by atoms with E-state index in [1.54, 1.807) is 6.92 Å². The molecule has 1 N–H and O–H groups in total. The molecule has 2 rings (SSSR count). The summed E-state index contributed by atoms with van der Waals surface area (Å²) in [4.78, 5) is 4.00. The molecule has 0 bridgehead atoms. The number of thiazole rings is 1. The summed E-state index contributed by atoms with van der Waals surface area (Å²) in [5.74, 6) is -1.98. The highest BCUT2D eigenvalue weighted by atomic mass is 32.2. The first-order valence-corrected chi connectivity index (χ1v) is 7.09. The van der Waals surface area contributed by atoms with E-state index in [1.807, 2.05) is 0 Å². The van der Waals surface area contributed by atoms with E-state index in [4.69, 9.17) is 0 Å². The van der Waals surface area contributed by atoms with Crippen LogP contribution in [0.15, 0.2) is 29.3 Å². The first-order valence-electron chi connectivity index (χ1n) is 4.79. The number of sulfonamides is 1. The van der Waals surface area contributed by atoms with Crippen molar-refractivity contribution >= 4 is 26.5 Å². The highest BCUT2D eigenvalue weighted by Gasteiger charge is 2.20. The third kappa shape index (κ3) is 2.65. The molecule has 96 valence electrons. The number of benzene rings is 1. The van der Waals surface area contributed by atoms with Gasteiger partial charge >= 0.3 is 0 Å². The van der Waals surface area contributed by atoms with Crippen molar-refractivity contribution in [1.82, 2.24) is 4.98 Å². The van der Waals surface area contributed by atoms with Crippen LogP contribution in [0.25, 0.3) is 0 Å². The highest BCUT2D eigenvalue weighted by molar-refractivity contribution is 7.93. The summed E-state index contributed by atoms with van der Waals surface area (Å²) in [6, 6.07) is 2.26. The molecule has 0 aliphatic rings. The summed E-state index contributed by atoms with van der Waals surface area (Å²) in [5.41, 5.74) is 0. The van der Waals surface area contributed by atoms with Gasteiger partial charge in [-0.05, 0) is 19.1 Å². The molecular weight excluding hydrogens is 282 g/mol. The molecular formula is C10H8F2N2O2S2. The van der Waals surface area contributed by atoms with Gasteiger partial charge in [0, 0.05) is 17.1 Å². The smallest absolute Gasteiger partial charge is 0.255 e. The summed E-state index contributed by atoms with van der Waals surface area (Å²) in [6.45, 7) is 1.76. The second-order valence-electron chi connectivity index (χ2n) is 3.46. The van der Waals surface area contributed by atoms with Crippen LogP contribution in [0.1, 0.15) is 4.88 Å². The molecule has 0 radical (unpaired) electrons. The average Bonchev–Trinajstić information content (AvgIpc) is 2.62. The summed E-state index contributed by atoms with van der Waals surface area (Å²) < 4.78 is 51.9. The standard InChI is InChI=1S/C10H8F2N2O2S2/c1-6-5-13-10(17-6)14-18(15,16)9-3-2-7(11)4-8(9)12/h2-5H,1H3,(H,13,14). The average molecular weight is 290 g/mol. The fourth-order valence-electron chi connectivity index (χ4n) is 1.26. The summed E-state index contributed by atoms with van der Waals surface area (Å²) in [7, 11) is -4.09. The van der Waals surface area contributed by atoms with Crippen LogP contribution in [0, 0.1) is 18.6 Å². The van der Waals surface area contributed by atoms with Crippen LogP contribution in [0.4, 0.5) is 13.9 Å². The third-order valence-corrected chi connectivity index (χ3v) is 4.36. The zero-order valence-electron chi connectivity index (χ0n) is 9.15. The van der Waals surface area contributed by atoms with Crippen molar-refractivity contribution in [3.8, 4) is 0 Å². The van der Waals surface area contributed by atoms with Crippen molar-refractivity contribution < 1.29 is 17.2 Å². The van der Waals surface area contributed by atoms with Crippen molar-refractivity contribution in [2.24, 2.45) is 0 Å². The number of anilines is 1. The van der Waals surface area contributed by atoms with E-state index >= 15 is 0 Å². The minimum Gasteiger partial charge on any atom is -0.255 e. The highest BCUT2D eigenvalue weighted by Crippen LogP contribution is 2.22. The molecule has 0 atom stereocenters. The van der Waals surface area contributed by atoms with Crippen LogP contribution in [-0.4, -0.2) is 13.4 Å². The minimum absolute atomic E-state index is 0.135. The van der Waals surface area contributed by atoms with Gasteiger partial charge in [0.05, 0.1) is 0 Å². The van der Waals surface area contributed by atoms with Gasteiger partial charge in [0.1, 0.15) is 16.5 Å². The van der Waals surface area contributed by atoms with Gasteiger partial charge in [-0.2, -0.15) is 0 Å². The lowest BCUT2D eigenvalue weighted by Crippen LogP contribution is -2.14. The molecule has 0 saturated heterocycles. The number of hydrogen-bond donors (Lipinski definition) is 1. The lowest BCUT2D eigenvalue weighted by Gasteiger charge is -2.05. The van der Waals surface area contributed by atoms with Crippen LogP contribution in [-0.2, 0) is 10.0 Å². The first kappa shape index (κ1) is 12.9. The Labute approximate surface area is 106 Å². The van der Waals surface area contributed by atoms with Crippen LogP contribution in [0.5, 0.6) is 0 Å². The normalized spacial score (nSPS) is 11.5. The fraction of sp³-hybridized carbons (Fsp3) is 0.100. The maximum absolute atomic E-state index is 13.4. The Hall–Kier alpha value is -1.54. The topological polar surface area (TPSA) is 59.1 Å². The van der Waals surface area contributed by atoms with Crippen LogP contribution in [0.2, 0.25) is 0 Å². The summed E-state index contributed by atoms with van der Waals surface area (Å²) in [5, 5.41) is 0.135. The number of rotatable bonds is 3. The number of hydrogen-bond acceptors (Lipinski definition) is 4. The molecule has 8 heteroatoms.